The van der Waals surface area contributed by atoms with Gasteiger partial charge < -0.3 is 9.84 Å². The molecule has 0 aliphatic carbocycles. The van der Waals surface area contributed by atoms with Gasteiger partial charge in [0, 0.05) is 19.1 Å². The summed E-state index contributed by atoms with van der Waals surface area (Å²) in [5.74, 6) is 0.357. The molecule has 0 atom stereocenters. The summed E-state index contributed by atoms with van der Waals surface area (Å²) in [6, 6.07) is 0. The maximum absolute atomic E-state index is 10.3. The normalized spacial score (nSPS) is 9.40. The molecular formula is C5H6N3O2. The number of carbonyl (C=O) groups is 1. The summed E-state index contributed by atoms with van der Waals surface area (Å²) in [6.07, 6.45) is 0. The number of rotatable bonds is 1. The zero-order valence-corrected chi connectivity index (χ0v) is 5.42. The molecule has 0 spiro atoms. The highest BCUT2D eigenvalue weighted by Crippen LogP contribution is 2.06. The second-order valence-electron chi connectivity index (χ2n) is 1.73. The number of carbonyl (C=O) groups excluding carboxylic acids is 1. The number of hydrogen-bond donors (Lipinski definition) is 1. The van der Waals surface area contributed by atoms with Crippen molar-refractivity contribution in [3.05, 3.63) is 12.7 Å². The Morgan fingerprint density at radius 2 is 2.50 bits per heavy atom. The van der Waals surface area contributed by atoms with Crippen LogP contribution in [-0.4, -0.2) is 16.3 Å². The van der Waals surface area contributed by atoms with Gasteiger partial charge in [0.25, 0.3) is 0 Å². The topological polar surface area (TPSA) is 68.0 Å². The van der Waals surface area contributed by atoms with E-state index in [1.165, 1.54) is 0 Å². The Hall–Kier alpha value is -1.39. The van der Waals surface area contributed by atoms with Crippen molar-refractivity contribution in [2.75, 3.05) is 5.32 Å². The lowest BCUT2D eigenvalue weighted by molar-refractivity contribution is -0.112. The molecule has 10 heavy (non-hydrogen) atoms. The predicted octanol–water partition coefficient (Wildman–Crippen LogP) is 0.151. The number of aromatic nitrogens is 2. The Morgan fingerprint density at radius 3 is 2.90 bits per heavy atom. The van der Waals surface area contributed by atoms with Gasteiger partial charge in [0.05, 0.1) is 0 Å². The highest BCUT2D eigenvalue weighted by molar-refractivity contribution is 5.93. The summed E-state index contributed by atoms with van der Waals surface area (Å²) < 4.78 is 4.56. The van der Waals surface area contributed by atoms with Gasteiger partial charge in [-0.15, -0.1) is 0 Å². The standard InChI is InChI=1S/C5H6N3O2/c1-3-5(6-4(2)9)7-8-10-3/h2H2,1H3,(H,6,9). The smallest absolute Gasteiger partial charge is 0.226 e. The highest BCUT2D eigenvalue weighted by atomic mass is 16.5. The molecule has 1 aromatic heterocycles. The van der Waals surface area contributed by atoms with E-state index >= 15 is 0 Å². The van der Waals surface area contributed by atoms with Crippen LogP contribution in [0.2, 0.25) is 0 Å². The SMILES string of the molecule is [CH2]C(=O)Nc1nnoc1C. The van der Waals surface area contributed by atoms with Gasteiger partial charge in [-0.05, 0) is 0 Å². The van der Waals surface area contributed by atoms with E-state index in [-0.39, 0.29) is 0 Å². The second kappa shape index (κ2) is 2.47. The molecule has 0 saturated carbocycles. The largest absolute Gasteiger partial charge is 0.340 e. The average Bonchev–Trinajstić information content (AvgIpc) is 2.15. The Morgan fingerprint density at radius 1 is 1.80 bits per heavy atom. The van der Waals surface area contributed by atoms with Crippen LogP contribution in [-0.2, 0) is 4.79 Å². The fraction of sp³-hybridized carbons (Fsp3) is 0.200. The quantitative estimate of drug-likeness (QED) is 0.602. The molecule has 0 bridgehead atoms. The molecule has 1 N–H and O–H groups in total. The van der Waals surface area contributed by atoms with Gasteiger partial charge in [0.1, 0.15) is 0 Å². The van der Waals surface area contributed by atoms with Crippen molar-refractivity contribution >= 4 is 11.7 Å². The first-order valence-electron chi connectivity index (χ1n) is 2.62. The van der Waals surface area contributed by atoms with E-state index in [1.54, 1.807) is 6.92 Å². The molecule has 0 aliphatic rings. The van der Waals surface area contributed by atoms with Gasteiger partial charge in [-0.1, -0.05) is 5.10 Å². The van der Waals surface area contributed by atoms with Crippen LogP contribution in [0.1, 0.15) is 5.76 Å². The predicted molar refractivity (Wildman–Crippen MR) is 33.0 cm³/mol. The zero-order valence-electron chi connectivity index (χ0n) is 5.42. The number of aryl methyl sites for hydroxylation is 1. The zero-order chi connectivity index (χ0) is 7.56. The van der Waals surface area contributed by atoms with Gasteiger partial charge >= 0.3 is 0 Å². The first-order chi connectivity index (χ1) is 4.70. The third-order valence-corrected chi connectivity index (χ3v) is 0.910. The van der Waals surface area contributed by atoms with E-state index < -0.39 is 5.91 Å². The van der Waals surface area contributed by atoms with Crippen LogP contribution >= 0.6 is 0 Å². The molecular weight excluding hydrogens is 134 g/mol. The second-order valence-corrected chi connectivity index (χ2v) is 1.73. The Balaban J connectivity index is 2.74. The minimum Gasteiger partial charge on any atom is -0.340 e. The van der Waals surface area contributed by atoms with Crippen molar-refractivity contribution < 1.29 is 9.32 Å². The fourth-order valence-corrected chi connectivity index (χ4v) is 0.481. The molecule has 0 aromatic carbocycles. The Kier molecular flexibility index (Phi) is 1.66. The van der Waals surface area contributed by atoms with Gasteiger partial charge in [-0.2, -0.15) is 0 Å². The molecule has 0 fully saturated rings. The van der Waals surface area contributed by atoms with Crippen molar-refractivity contribution in [2.45, 2.75) is 6.92 Å². The van der Waals surface area contributed by atoms with Gasteiger partial charge in [-0.3, -0.25) is 4.79 Å². The van der Waals surface area contributed by atoms with Crippen molar-refractivity contribution in [2.24, 2.45) is 0 Å². The first-order valence-corrected chi connectivity index (χ1v) is 2.62. The Bertz CT molecular complexity index is 243. The van der Waals surface area contributed by atoms with Crippen molar-refractivity contribution in [3.63, 3.8) is 0 Å². The van der Waals surface area contributed by atoms with Crippen LogP contribution < -0.4 is 5.32 Å². The van der Waals surface area contributed by atoms with Gasteiger partial charge in [0.2, 0.25) is 5.91 Å². The van der Waals surface area contributed by atoms with Crippen molar-refractivity contribution in [1.29, 1.82) is 0 Å². The van der Waals surface area contributed by atoms with Crippen LogP contribution in [0.3, 0.4) is 0 Å². The summed E-state index contributed by atoms with van der Waals surface area (Å²) in [7, 11) is 0. The maximum Gasteiger partial charge on any atom is 0.226 e. The van der Waals surface area contributed by atoms with E-state index in [1.807, 2.05) is 0 Å². The lowest BCUT2D eigenvalue weighted by Gasteiger charge is -1.92. The first kappa shape index (κ1) is 6.73. The molecule has 0 saturated heterocycles. The van der Waals surface area contributed by atoms with E-state index in [9.17, 15) is 4.79 Å². The third kappa shape index (κ3) is 1.31. The fourth-order valence-electron chi connectivity index (χ4n) is 0.481. The molecule has 1 heterocycles. The van der Waals surface area contributed by atoms with Gasteiger partial charge in [-0.25, -0.2) is 0 Å². The summed E-state index contributed by atoms with van der Waals surface area (Å²) in [6.45, 7) is 4.74. The molecule has 53 valence electrons. The van der Waals surface area contributed by atoms with Crippen molar-refractivity contribution in [3.8, 4) is 0 Å². The molecule has 5 nitrogen and oxygen atoms in total. The molecule has 1 rings (SSSR count). The summed E-state index contributed by atoms with van der Waals surface area (Å²) in [5.41, 5.74) is 0. The summed E-state index contributed by atoms with van der Waals surface area (Å²) in [4.78, 5) is 10.3. The van der Waals surface area contributed by atoms with Crippen LogP contribution in [0.4, 0.5) is 5.82 Å². The summed E-state index contributed by atoms with van der Waals surface area (Å²) >= 11 is 0. The number of nitrogens with one attached hydrogen (secondary N) is 1. The van der Waals surface area contributed by atoms with E-state index in [0.29, 0.717) is 11.6 Å². The lowest BCUT2D eigenvalue weighted by atomic mass is 10.5. The molecule has 5 heteroatoms. The van der Waals surface area contributed by atoms with E-state index in [2.05, 4.69) is 27.1 Å². The van der Waals surface area contributed by atoms with Crippen LogP contribution in [0, 0.1) is 13.8 Å². The lowest BCUT2D eigenvalue weighted by Crippen LogP contribution is -2.07. The highest BCUT2D eigenvalue weighted by Gasteiger charge is 2.04. The van der Waals surface area contributed by atoms with Crippen LogP contribution in [0.25, 0.3) is 0 Å². The molecule has 1 amide bonds. The molecule has 1 radical (unpaired) electrons. The monoisotopic (exact) mass is 140 g/mol. The maximum atomic E-state index is 10.3. The minimum absolute atomic E-state index is 0.319. The number of anilines is 1. The molecule has 1 aromatic rings. The van der Waals surface area contributed by atoms with Crippen LogP contribution in [0.15, 0.2) is 4.52 Å². The number of hydrogen-bond acceptors (Lipinski definition) is 4. The van der Waals surface area contributed by atoms with Crippen LogP contribution in [0.5, 0.6) is 0 Å². The average molecular weight is 140 g/mol. The molecule has 0 unspecified atom stereocenters. The van der Waals surface area contributed by atoms with E-state index in [4.69, 9.17) is 0 Å². The summed E-state index contributed by atoms with van der Waals surface area (Å²) in [5, 5.41) is 9.01. The number of amides is 1. The third-order valence-electron chi connectivity index (χ3n) is 0.910. The van der Waals surface area contributed by atoms with Gasteiger partial charge in [0.15, 0.2) is 11.6 Å². The molecule has 0 aliphatic heterocycles. The number of nitrogens with zero attached hydrogens (tertiary/aromatic N) is 2. The van der Waals surface area contributed by atoms with E-state index in [0.717, 1.165) is 0 Å². The van der Waals surface area contributed by atoms with Crippen molar-refractivity contribution in [1.82, 2.24) is 10.4 Å². The minimum atomic E-state index is -0.432. The Labute approximate surface area is 57.4 Å².